The van der Waals surface area contributed by atoms with Gasteiger partial charge in [-0.1, -0.05) is 31.3 Å². The van der Waals surface area contributed by atoms with Gasteiger partial charge in [-0.15, -0.1) is 0 Å². The summed E-state index contributed by atoms with van der Waals surface area (Å²) in [6, 6.07) is 14.1. The first-order valence-electron chi connectivity index (χ1n) is 12.2. The molecule has 3 rings (SSSR count). The summed E-state index contributed by atoms with van der Waals surface area (Å²) in [5, 5.41) is 18.1. The van der Waals surface area contributed by atoms with Crippen molar-refractivity contribution in [3.05, 3.63) is 53.8 Å². The number of hydrogen-bond acceptors (Lipinski definition) is 8. The lowest BCUT2D eigenvalue weighted by Gasteiger charge is -2.25. The van der Waals surface area contributed by atoms with Crippen LogP contribution in [0.2, 0.25) is 0 Å². The van der Waals surface area contributed by atoms with E-state index in [0.717, 1.165) is 17.4 Å². The van der Waals surface area contributed by atoms with Crippen molar-refractivity contribution in [1.29, 1.82) is 10.5 Å². The number of thiazole rings is 1. The van der Waals surface area contributed by atoms with E-state index in [9.17, 15) is 17.6 Å². The van der Waals surface area contributed by atoms with E-state index >= 15 is 0 Å². The molecule has 0 unspecified atom stereocenters. The van der Waals surface area contributed by atoms with Crippen molar-refractivity contribution in [2.45, 2.75) is 31.6 Å². The van der Waals surface area contributed by atoms with E-state index in [4.69, 9.17) is 10.5 Å². The molecule has 0 atom stereocenters. The summed E-state index contributed by atoms with van der Waals surface area (Å²) in [4.78, 5) is 21.6. The van der Waals surface area contributed by atoms with Crippen LogP contribution in [0.4, 0.5) is 9.52 Å². The number of hydrogen-bond donors (Lipinski definition) is 0. The molecule has 0 fully saturated rings. The zero-order valence-electron chi connectivity index (χ0n) is 21.3. The number of aromatic nitrogens is 1. The Kier molecular flexibility index (Phi) is 10.3. The highest BCUT2D eigenvalue weighted by atomic mass is 32.2. The first-order chi connectivity index (χ1) is 18.3. The third kappa shape index (κ3) is 6.71. The summed E-state index contributed by atoms with van der Waals surface area (Å²) in [6.45, 7) is 6.48. The molecule has 1 aromatic heterocycles. The minimum atomic E-state index is -3.96. The molecule has 0 saturated carbocycles. The molecule has 0 radical (unpaired) electrons. The number of nitriles is 2. The van der Waals surface area contributed by atoms with Crippen LogP contribution in [0.1, 0.15) is 37.0 Å². The molecule has 0 aliphatic carbocycles. The number of amides is 1. The lowest BCUT2D eigenvalue weighted by atomic mass is 10.2. The van der Waals surface area contributed by atoms with Gasteiger partial charge in [-0.25, -0.2) is 17.8 Å². The number of fused-ring (bicyclic) bond motifs is 1. The minimum absolute atomic E-state index is 0.00845. The Balaban J connectivity index is 1.92. The molecule has 200 valence electrons. The topological polar surface area (TPSA) is 121 Å². The van der Waals surface area contributed by atoms with Crippen molar-refractivity contribution in [1.82, 2.24) is 14.2 Å². The maximum absolute atomic E-state index is 14.3. The van der Waals surface area contributed by atoms with Gasteiger partial charge in [0.15, 0.2) is 5.13 Å². The zero-order valence-corrected chi connectivity index (χ0v) is 22.9. The SMILES string of the molecule is CCN(CC)CCN(C(=O)c1ccc(S(=O)(=O)N(CCC#N)CCC#N)cc1)c1nc2c(F)cccc2s1. The average molecular weight is 557 g/mol. The number of likely N-dealkylation sites (N-methyl/N-ethyl adjacent to an activating group) is 1. The number of anilines is 1. The van der Waals surface area contributed by atoms with E-state index in [0.29, 0.717) is 22.9 Å². The van der Waals surface area contributed by atoms with Gasteiger partial charge in [-0.2, -0.15) is 14.8 Å². The maximum Gasteiger partial charge on any atom is 0.260 e. The molecule has 0 aliphatic rings. The number of carbonyl (C=O) groups excluding carboxylic acids is 1. The number of rotatable bonds is 13. The van der Waals surface area contributed by atoms with Gasteiger partial charge >= 0.3 is 0 Å². The summed E-state index contributed by atoms with van der Waals surface area (Å²) in [5.41, 5.74) is 0.452. The molecule has 2 aromatic carbocycles. The highest BCUT2D eigenvalue weighted by Crippen LogP contribution is 2.31. The van der Waals surface area contributed by atoms with Gasteiger partial charge in [0.25, 0.3) is 5.91 Å². The van der Waals surface area contributed by atoms with Gasteiger partial charge in [-0.05, 0) is 49.5 Å². The second-order valence-corrected chi connectivity index (χ2v) is 11.3. The second-order valence-electron chi connectivity index (χ2n) is 8.31. The molecule has 3 aromatic rings. The molecule has 9 nitrogen and oxygen atoms in total. The van der Waals surface area contributed by atoms with Crippen molar-refractivity contribution < 1.29 is 17.6 Å². The minimum Gasteiger partial charge on any atom is -0.302 e. The van der Waals surface area contributed by atoms with Gasteiger partial charge in [0, 0.05) is 44.6 Å². The van der Waals surface area contributed by atoms with Gasteiger partial charge < -0.3 is 4.90 Å². The number of para-hydroxylation sites is 1. The smallest absolute Gasteiger partial charge is 0.260 e. The number of sulfonamides is 1. The third-order valence-electron chi connectivity index (χ3n) is 6.05. The van der Waals surface area contributed by atoms with Crippen molar-refractivity contribution in [2.75, 3.05) is 44.2 Å². The molecule has 38 heavy (non-hydrogen) atoms. The normalized spacial score (nSPS) is 11.6. The molecule has 1 amide bonds. The average Bonchev–Trinajstić information content (AvgIpc) is 3.36. The first kappa shape index (κ1) is 29.1. The van der Waals surface area contributed by atoms with Crippen molar-refractivity contribution in [3.63, 3.8) is 0 Å². The fourth-order valence-corrected chi connectivity index (χ4v) is 6.31. The lowest BCUT2D eigenvalue weighted by molar-refractivity contribution is 0.0983. The Morgan fingerprint density at radius 2 is 1.61 bits per heavy atom. The molecular weight excluding hydrogens is 527 g/mol. The molecule has 0 aliphatic heterocycles. The molecule has 1 heterocycles. The van der Waals surface area contributed by atoms with Crippen LogP contribution in [0.25, 0.3) is 10.2 Å². The van der Waals surface area contributed by atoms with Gasteiger partial charge in [0.05, 0.1) is 21.7 Å². The van der Waals surface area contributed by atoms with E-state index in [1.807, 2.05) is 26.0 Å². The van der Waals surface area contributed by atoms with E-state index in [1.54, 1.807) is 12.1 Å². The predicted octanol–water partition coefficient (Wildman–Crippen LogP) is 4.24. The van der Waals surface area contributed by atoms with Crippen LogP contribution in [0.15, 0.2) is 47.4 Å². The molecule has 0 N–H and O–H groups in total. The van der Waals surface area contributed by atoms with E-state index < -0.39 is 15.8 Å². The quantitative estimate of drug-likeness (QED) is 0.309. The molecule has 0 saturated heterocycles. The highest BCUT2D eigenvalue weighted by Gasteiger charge is 2.26. The van der Waals surface area contributed by atoms with Gasteiger partial charge in [0.1, 0.15) is 11.3 Å². The first-order valence-corrected chi connectivity index (χ1v) is 14.5. The predicted molar refractivity (Wildman–Crippen MR) is 145 cm³/mol. The Bertz CT molecular complexity index is 1420. The van der Waals surface area contributed by atoms with Gasteiger partial charge in [0.2, 0.25) is 10.0 Å². The van der Waals surface area contributed by atoms with Crippen LogP contribution < -0.4 is 4.90 Å². The van der Waals surface area contributed by atoms with Crippen molar-refractivity contribution in [2.24, 2.45) is 0 Å². The molecule has 0 spiro atoms. The Labute approximate surface area is 226 Å². The number of nitrogens with zero attached hydrogens (tertiary/aromatic N) is 6. The second kappa shape index (κ2) is 13.4. The monoisotopic (exact) mass is 556 g/mol. The Morgan fingerprint density at radius 1 is 0.974 bits per heavy atom. The number of carbonyl (C=O) groups is 1. The van der Waals surface area contributed by atoms with Crippen LogP contribution in [0, 0.1) is 28.5 Å². The summed E-state index contributed by atoms with van der Waals surface area (Å²) >= 11 is 1.22. The molecule has 0 bridgehead atoms. The van der Waals surface area contributed by atoms with Gasteiger partial charge in [-0.3, -0.25) is 9.69 Å². The fraction of sp³-hybridized carbons (Fsp3) is 0.385. The summed E-state index contributed by atoms with van der Waals surface area (Å²) in [5.74, 6) is -0.848. The summed E-state index contributed by atoms with van der Waals surface area (Å²) in [6.07, 6.45) is -0.0169. The summed E-state index contributed by atoms with van der Waals surface area (Å²) in [7, 11) is -3.96. The Morgan fingerprint density at radius 3 is 2.16 bits per heavy atom. The van der Waals surface area contributed by atoms with Crippen LogP contribution in [-0.4, -0.2) is 67.8 Å². The van der Waals surface area contributed by atoms with Crippen LogP contribution in [-0.2, 0) is 10.0 Å². The number of benzene rings is 2. The third-order valence-corrected chi connectivity index (χ3v) is 9.01. The van der Waals surface area contributed by atoms with Crippen LogP contribution in [0.3, 0.4) is 0 Å². The highest BCUT2D eigenvalue weighted by molar-refractivity contribution is 7.89. The number of halogens is 1. The summed E-state index contributed by atoms with van der Waals surface area (Å²) < 4.78 is 42.3. The maximum atomic E-state index is 14.3. The van der Waals surface area contributed by atoms with Crippen molar-refractivity contribution >= 4 is 42.6 Å². The zero-order chi connectivity index (χ0) is 27.7. The van der Waals surface area contributed by atoms with E-state index in [1.165, 1.54) is 46.6 Å². The van der Waals surface area contributed by atoms with E-state index in [-0.39, 0.29) is 47.8 Å². The van der Waals surface area contributed by atoms with E-state index in [2.05, 4.69) is 9.88 Å². The fourth-order valence-electron chi connectivity index (χ4n) is 3.86. The molecule has 12 heteroatoms. The van der Waals surface area contributed by atoms with Crippen LogP contribution >= 0.6 is 11.3 Å². The lowest BCUT2D eigenvalue weighted by Crippen LogP contribution is -2.39. The van der Waals surface area contributed by atoms with Crippen LogP contribution in [0.5, 0.6) is 0 Å². The molecular formula is C26H29FN6O3S2. The van der Waals surface area contributed by atoms with Crippen molar-refractivity contribution in [3.8, 4) is 12.1 Å². The Hall–Kier alpha value is -3.42. The largest absolute Gasteiger partial charge is 0.302 e. The standard InChI is InChI=1S/C26H29FN6O3S2/c1-3-31(4-2)18-19-33(26-30-24-22(27)8-5-9-23(24)37-26)25(34)20-10-12-21(13-11-20)38(35,36)32(16-6-14-28)17-7-15-29/h5,8-13H,3-4,6-7,16-19H2,1-2H3.